The zero-order valence-corrected chi connectivity index (χ0v) is 18.7. The molecule has 1 aromatic carbocycles. The summed E-state index contributed by atoms with van der Waals surface area (Å²) in [6.07, 6.45) is 1.37. The maximum Gasteiger partial charge on any atom is 0.413 e. The van der Waals surface area contributed by atoms with Gasteiger partial charge in [0.25, 0.3) is 0 Å². The molecule has 3 rings (SSSR count). The third-order valence-corrected chi connectivity index (χ3v) is 5.20. The summed E-state index contributed by atoms with van der Waals surface area (Å²) in [4.78, 5) is 24.1. The van der Waals surface area contributed by atoms with Gasteiger partial charge in [-0.2, -0.15) is 5.10 Å². The van der Waals surface area contributed by atoms with Gasteiger partial charge in [0, 0.05) is 18.5 Å². The Balaban J connectivity index is 1.66. The van der Waals surface area contributed by atoms with Gasteiger partial charge in [-0.05, 0) is 52.5 Å². The van der Waals surface area contributed by atoms with Gasteiger partial charge >= 0.3 is 12.2 Å². The molecule has 0 spiro atoms. The number of ether oxygens (including phenoxy) is 2. The van der Waals surface area contributed by atoms with E-state index in [0.717, 1.165) is 30.5 Å². The predicted molar refractivity (Wildman–Crippen MR) is 118 cm³/mol. The van der Waals surface area contributed by atoms with E-state index in [1.54, 1.807) is 0 Å². The average molecular weight is 429 g/mol. The van der Waals surface area contributed by atoms with Gasteiger partial charge in [-0.15, -0.1) is 0 Å². The third kappa shape index (κ3) is 6.23. The number of nitrogens with one attached hydrogen (secondary N) is 2. The van der Waals surface area contributed by atoms with Crippen molar-refractivity contribution in [2.75, 3.05) is 11.9 Å². The molecule has 1 aromatic heterocycles. The van der Waals surface area contributed by atoms with E-state index in [-0.39, 0.29) is 30.3 Å². The van der Waals surface area contributed by atoms with Gasteiger partial charge in [0.2, 0.25) is 0 Å². The molecule has 8 heteroatoms. The molecule has 1 aliphatic carbocycles. The quantitative estimate of drug-likeness (QED) is 0.691. The van der Waals surface area contributed by atoms with Crippen LogP contribution in [0.5, 0.6) is 0 Å². The highest BCUT2D eigenvalue weighted by atomic mass is 16.6. The number of hydrogen-bond acceptors (Lipinski definition) is 5. The number of benzene rings is 1. The number of hydrogen-bond donors (Lipinski definition) is 2. The van der Waals surface area contributed by atoms with Crippen molar-refractivity contribution in [3.05, 3.63) is 47.7 Å². The van der Waals surface area contributed by atoms with Gasteiger partial charge in [0.1, 0.15) is 18.5 Å². The van der Waals surface area contributed by atoms with Gasteiger partial charge < -0.3 is 14.8 Å². The third-order valence-electron chi connectivity index (χ3n) is 5.20. The first-order valence-electron chi connectivity index (χ1n) is 10.8. The zero-order valence-electron chi connectivity index (χ0n) is 18.7. The summed E-state index contributed by atoms with van der Waals surface area (Å²) < 4.78 is 12.6. The van der Waals surface area contributed by atoms with Crippen molar-refractivity contribution in [1.29, 1.82) is 0 Å². The van der Waals surface area contributed by atoms with Gasteiger partial charge in [0.05, 0.1) is 11.2 Å². The van der Waals surface area contributed by atoms with E-state index in [9.17, 15) is 9.59 Å². The van der Waals surface area contributed by atoms with Crippen molar-refractivity contribution in [3.8, 4) is 0 Å². The summed E-state index contributed by atoms with van der Waals surface area (Å²) in [5.41, 5.74) is 1.48. The second-order valence-electron chi connectivity index (χ2n) is 8.79. The fourth-order valence-corrected chi connectivity index (χ4v) is 3.72. The highest BCUT2D eigenvalue weighted by molar-refractivity contribution is 5.83. The summed E-state index contributed by atoms with van der Waals surface area (Å²) in [5.74, 6) is 0.762. The Morgan fingerprint density at radius 1 is 1.16 bits per heavy atom. The van der Waals surface area contributed by atoms with Crippen LogP contribution in [0.3, 0.4) is 0 Å². The number of carbonyl (C=O) groups excluding carboxylic acids is 2. The molecule has 168 valence electrons. The van der Waals surface area contributed by atoms with Gasteiger partial charge in [-0.25, -0.2) is 14.3 Å². The van der Waals surface area contributed by atoms with Crippen LogP contribution in [-0.4, -0.2) is 34.6 Å². The van der Waals surface area contributed by atoms with Crippen molar-refractivity contribution in [2.24, 2.45) is 0 Å². The monoisotopic (exact) mass is 428 g/mol. The maximum atomic E-state index is 12.4. The fourth-order valence-electron chi connectivity index (χ4n) is 3.72. The van der Waals surface area contributed by atoms with Crippen LogP contribution >= 0.6 is 0 Å². The van der Waals surface area contributed by atoms with E-state index < -0.39 is 6.09 Å². The number of amides is 2. The van der Waals surface area contributed by atoms with Crippen molar-refractivity contribution < 1.29 is 19.1 Å². The van der Waals surface area contributed by atoms with Crippen molar-refractivity contribution >= 4 is 18.0 Å². The number of aromatic nitrogens is 2. The normalized spacial score (nSPS) is 18.5. The van der Waals surface area contributed by atoms with E-state index in [4.69, 9.17) is 14.6 Å². The lowest BCUT2D eigenvalue weighted by atomic mass is 10.0. The van der Waals surface area contributed by atoms with Crippen molar-refractivity contribution in [3.63, 3.8) is 0 Å². The minimum Gasteiger partial charge on any atom is -0.446 e. The topological polar surface area (TPSA) is 94.5 Å². The van der Waals surface area contributed by atoms with E-state index in [1.807, 2.05) is 68.8 Å². The number of rotatable bonds is 6. The molecule has 2 aromatic rings. The molecule has 1 aliphatic rings. The largest absolute Gasteiger partial charge is 0.446 e. The highest BCUT2D eigenvalue weighted by Gasteiger charge is 2.32. The molecule has 31 heavy (non-hydrogen) atoms. The van der Waals surface area contributed by atoms with Crippen LogP contribution < -0.4 is 10.6 Å². The summed E-state index contributed by atoms with van der Waals surface area (Å²) >= 11 is 0. The van der Waals surface area contributed by atoms with Crippen LogP contribution in [0, 0.1) is 0 Å². The van der Waals surface area contributed by atoms with Crippen LogP contribution in [-0.2, 0) is 21.6 Å². The molecule has 2 amide bonds. The SMILES string of the molecule is CCNC(=O)O[C@@H]1CC[C@H](c2cc(NC(=O)OCc3ccccc3)n(C(C)(C)C)n2)C1. The molecule has 1 fully saturated rings. The van der Waals surface area contributed by atoms with Gasteiger partial charge in [-0.1, -0.05) is 30.3 Å². The minimum atomic E-state index is -0.523. The summed E-state index contributed by atoms with van der Waals surface area (Å²) in [7, 11) is 0. The summed E-state index contributed by atoms with van der Waals surface area (Å²) in [6.45, 7) is 8.68. The Labute approximate surface area is 183 Å². The van der Waals surface area contributed by atoms with E-state index in [0.29, 0.717) is 12.4 Å². The van der Waals surface area contributed by atoms with Crippen LogP contribution in [0.15, 0.2) is 36.4 Å². The molecule has 0 saturated heterocycles. The maximum absolute atomic E-state index is 12.4. The first-order chi connectivity index (χ1) is 14.8. The number of nitrogens with zero attached hydrogens (tertiary/aromatic N) is 2. The molecule has 0 radical (unpaired) electrons. The Kier molecular flexibility index (Phi) is 7.20. The molecule has 8 nitrogen and oxygen atoms in total. The molecular weight excluding hydrogens is 396 g/mol. The second kappa shape index (κ2) is 9.85. The van der Waals surface area contributed by atoms with E-state index in [2.05, 4.69) is 10.6 Å². The molecule has 0 unspecified atom stereocenters. The van der Waals surface area contributed by atoms with Crippen LogP contribution in [0.25, 0.3) is 0 Å². The highest BCUT2D eigenvalue weighted by Crippen LogP contribution is 2.37. The van der Waals surface area contributed by atoms with E-state index >= 15 is 0 Å². The molecule has 0 aliphatic heterocycles. The van der Waals surface area contributed by atoms with Crippen LogP contribution in [0.1, 0.15) is 64.1 Å². The number of alkyl carbamates (subject to hydrolysis) is 1. The van der Waals surface area contributed by atoms with Crippen molar-refractivity contribution in [1.82, 2.24) is 15.1 Å². The van der Waals surface area contributed by atoms with Crippen LogP contribution in [0.4, 0.5) is 15.4 Å². The number of anilines is 1. The standard InChI is InChI=1S/C23H32N4O4/c1-5-24-21(28)31-18-12-11-17(13-18)19-14-20(27(26-19)23(2,3)4)25-22(29)30-15-16-9-7-6-8-10-16/h6-10,14,17-18H,5,11-13,15H2,1-4H3,(H,24,28)(H,25,29)/t17-,18+/m0/s1. The Hall–Kier alpha value is -3.03. The smallest absolute Gasteiger partial charge is 0.413 e. The Morgan fingerprint density at radius 3 is 2.58 bits per heavy atom. The van der Waals surface area contributed by atoms with Gasteiger partial charge in [-0.3, -0.25) is 5.32 Å². The average Bonchev–Trinajstić information content (AvgIpc) is 3.34. The molecule has 0 bridgehead atoms. The first kappa shape index (κ1) is 22.7. The minimum absolute atomic E-state index is 0.122. The lowest BCUT2D eigenvalue weighted by molar-refractivity contribution is 0.101. The molecule has 2 N–H and O–H groups in total. The molecule has 2 atom stereocenters. The van der Waals surface area contributed by atoms with Crippen molar-refractivity contribution in [2.45, 2.75) is 71.1 Å². The molecule has 1 saturated carbocycles. The Morgan fingerprint density at radius 2 is 1.90 bits per heavy atom. The van der Waals surface area contributed by atoms with E-state index in [1.165, 1.54) is 0 Å². The lowest BCUT2D eigenvalue weighted by Gasteiger charge is -2.22. The lowest BCUT2D eigenvalue weighted by Crippen LogP contribution is -2.27. The molecule has 1 heterocycles. The van der Waals surface area contributed by atoms with Crippen LogP contribution in [0.2, 0.25) is 0 Å². The second-order valence-corrected chi connectivity index (χ2v) is 8.79. The summed E-state index contributed by atoms with van der Waals surface area (Å²) in [5, 5.41) is 10.3. The number of carbonyl (C=O) groups is 2. The fraction of sp³-hybridized carbons (Fsp3) is 0.522. The summed E-state index contributed by atoms with van der Waals surface area (Å²) in [6, 6.07) is 11.4. The Bertz CT molecular complexity index is 889. The molecular formula is C23H32N4O4. The van der Waals surface area contributed by atoms with Gasteiger partial charge in [0.15, 0.2) is 0 Å². The first-order valence-corrected chi connectivity index (χ1v) is 10.8. The zero-order chi connectivity index (χ0) is 22.4. The predicted octanol–water partition coefficient (Wildman–Crippen LogP) is 4.77.